The van der Waals surface area contributed by atoms with E-state index in [-0.39, 0.29) is 13.2 Å². The maximum Gasteiger partial charge on any atom is 0.145 e. The molecule has 0 aliphatic heterocycles. The van der Waals surface area contributed by atoms with Crippen LogP contribution in [0.3, 0.4) is 0 Å². The molecule has 54 valence electrons. The molecule has 0 aromatic carbocycles. The van der Waals surface area contributed by atoms with Gasteiger partial charge in [-0.1, -0.05) is 0 Å². The van der Waals surface area contributed by atoms with E-state index < -0.39 is 0 Å². The van der Waals surface area contributed by atoms with Gasteiger partial charge in [0.25, 0.3) is 0 Å². The number of rotatable bonds is 6. The van der Waals surface area contributed by atoms with Crippen LogP contribution in [0.1, 0.15) is 12.8 Å². The quantitative estimate of drug-likeness (QED) is 0.408. The first-order valence-corrected chi connectivity index (χ1v) is 3.04. The van der Waals surface area contributed by atoms with Crippen LogP contribution < -0.4 is 0 Å². The second-order valence-corrected chi connectivity index (χ2v) is 1.67. The van der Waals surface area contributed by atoms with Crippen molar-refractivity contribution in [3.8, 4) is 0 Å². The highest BCUT2D eigenvalue weighted by Gasteiger charge is 1.85. The molecule has 0 fully saturated rings. The van der Waals surface area contributed by atoms with E-state index in [4.69, 9.17) is 9.84 Å². The zero-order valence-corrected chi connectivity index (χ0v) is 5.38. The minimum Gasteiger partial charge on any atom is -0.396 e. The smallest absolute Gasteiger partial charge is 0.145 e. The molecule has 0 aromatic heterocycles. The van der Waals surface area contributed by atoms with Crippen LogP contribution in [-0.2, 0) is 9.53 Å². The number of ether oxygens (including phenoxy) is 1. The Kier molecular flexibility index (Phi) is 7.24. The fourth-order valence-electron chi connectivity index (χ4n) is 0.447. The van der Waals surface area contributed by atoms with Crippen molar-refractivity contribution in [2.75, 3.05) is 19.8 Å². The Morgan fingerprint density at radius 3 is 2.78 bits per heavy atom. The number of carbonyl (C=O) groups excluding carboxylic acids is 1. The third kappa shape index (κ3) is 7.59. The molecule has 3 nitrogen and oxygen atoms in total. The van der Waals surface area contributed by atoms with Crippen LogP contribution in [0, 0.1) is 0 Å². The van der Waals surface area contributed by atoms with Crippen LogP contribution >= 0.6 is 0 Å². The first-order chi connectivity index (χ1) is 4.41. The van der Waals surface area contributed by atoms with Gasteiger partial charge in [0.1, 0.15) is 12.9 Å². The summed E-state index contributed by atoms with van der Waals surface area (Å²) in [7, 11) is 0. The third-order valence-corrected chi connectivity index (χ3v) is 0.883. The highest BCUT2D eigenvalue weighted by Crippen LogP contribution is 1.86. The maximum absolute atomic E-state index is 9.66. The van der Waals surface area contributed by atoms with Gasteiger partial charge in [-0.2, -0.15) is 0 Å². The van der Waals surface area contributed by atoms with Crippen molar-refractivity contribution in [1.29, 1.82) is 0 Å². The number of aliphatic hydroxyl groups is 1. The Balaban J connectivity index is 2.66. The molecule has 0 aromatic rings. The first-order valence-electron chi connectivity index (χ1n) is 3.04. The van der Waals surface area contributed by atoms with E-state index in [1.54, 1.807) is 0 Å². The van der Waals surface area contributed by atoms with Crippen LogP contribution in [0.5, 0.6) is 0 Å². The van der Waals surface area contributed by atoms with Crippen LogP contribution in [0.25, 0.3) is 0 Å². The van der Waals surface area contributed by atoms with Gasteiger partial charge in [-0.3, -0.25) is 0 Å². The van der Waals surface area contributed by atoms with E-state index in [0.29, 0.717) is 6.61 Å². The van der Waals surface area contributed by atoms with E-state index in [0.717, 1.165) is 19.1 Å². The number of hydrogen-bond donors (Lipinski definition) is 1. The van der Waals surface area contributed by atoms with Crippen LogP contribution in [0.4, 0.5) is 0 Å². The summed E-state index contributed by atoms with van der Waals surface area (Å²) >= 11 is 0. The Hall–Kier alpha value is -0.410. The summed E-state index contributed by atoms with van der Waals surface area (Å²) in [6, 6.07) is 0. The summed E-state index contributed by atoms with van der Waals surface area (Å²) in [6.07, 6.45) is 2.29. The molecule has 0 radical (unpaired) electrons. The van der Waals surface area contributed by atoms with Gasteiger partial charge in [-0.05, 0) is 12.8 Å². The van der Waals surface area contributed by atoms with Gasteiger partial charge in [0.15, 0.2) is 0 Å². The zero-order valence-electron chi connectivity index (χ0n) is 5.38. The summed E-state index contributed by atoms with van der Waals surface area (Å²) in [5, 5.41) is 8.30. The number of hydrogen-bond acceptors (Lipinski definition) is 3. The van der Waals surface area contributed by atoms with Crippen LogP contribution in [0.2, 0.25) is 0 Å². The Labute approximate surface area is 54.6 Å². The topological polar surface area (TPSA) is 46.5 Å². The van der Waals surface area contributed by atoms with Gasteiger partial charge in [-0.25, -0.2) is 0 Å². The number of unbranched alkanes of at least 4 members (excludes halogenated alkanes) is 1. The van der Waals surface area contributed by atoms with Crippen molar-refractivity contribution in [1.82, 2.24) is 0 Å². The first kappa shape index (κ1) is 8.59. The molecule has 3 heteroatoms. The van der Waals surface area contributed by atoms with E-state index in [2.05, 4.69) is 0 Å². The second-order valence-electron chi connectivity index (χ2n) is 1.67. The summed E-state index contributed by atoms with van der Waals surface area (Å²) in [5.41, 5.74) is 0. The highest BCUT2D eigenvalue weighted by atomic mass is 16.5. The summed E-state index contributed by atoms with van der Waals surface area (Å²) in [5.74, 6) is 0. The van der Waals surface area contributed by atoms with Gasteiger partial charge < -0.3 is 14.6 Å². The lowest BCUT2D eigenvalue weighted by Gasteiger charge is -1.96. The lowest BCUT2D eigenvalue weighted by Crippen LogP contribution is -1.98. The molecule has 0 saturated heterocycles. The summed E-state index contributed by atoms with van der Waals surface area (Å²) in [4.78, 5) is 9.66. The predicted octanol–water partition coefficient (Wildman–Crippen LogP) is -0.0256. The number of aliphatic hydroxyl groups excluding tert-OH is 1. The van der Waals surface area contributed by atoms with Crippen LogP contribution in [-0.4, -0.2) is 31.2 Å². The Morgan fingerprint density at radius 1 is 1.44 bits per heavy atom. The minimum absolute atomic E-state index is 0.172. The molecule has 0 saturated carbocycles. The van der Waals surface area contributed by atoms with Gasteiger partial charge in [0.2, 0.25) is 0 Å². The van der Waals surface area contributed by atoms with Gasteiger partial charge >= 0.3 is 0 Å². The fraction of sp³-hybridized carbons (Fsp3) is 0.833. The van der Waals surface area contributed by atoms with Crippen molar-refractivity contribution >= 4 is 6.29 Å². The minimum atomic E-state index is 0.172. The molecule has 9 heavy (non-hydrogen) atoms. The van der Waals surface area contributed by atoms with Gasteiger partial charge in [-0.15, -0.1) is 0 Å². The van der Waals surface area contributed by atoms with Crippen molar-refractivity contribution in [3.05, 3.63) is 0 Å². The average molecular weight is 132 g/mol. The van der Waals surface area contributed by atoms with Crippen LogP contribution in [0.15, 0.2) is 0 Å². The lowest BCUT2D eigenvalue weighted by atomic mass is 10.3. The summed E-state index contributed by atoms with van der Waals surface area (Å²) in [6.45, 7) is 0.940. The average Bonchev–Trinajstić information content (AvgIpc) is 1.89. The molecule has 0 amide bonds. The molecule has 1 N–H and O–H groups in total. The van der Waals surface area contributed by atoms with E-state index in [1.165, 1.54) is 0 Å². The molecule has 0 unspecified atom stereocenters. The van der Waals surface area contributed by atoms with Gasteiger partial charge in [0, 0.05) is 13.2 Å². The SMILES string of the molecule is O=CCOCCCCO. The standard InChI is InChI=1S/C6H12O3/c7-3-1-2-5-9-6-4-8/h4,7H,1-3,5-6H2. The normalized spacial score (nSPS) is 9.44. The van der Waals surface area contributed by atoms with E-state index >= 15 is 0 Å². The lowest BCUT2D eigenvalue weighted by molar-refractivity contribution is -0.111. The molecule has 0 spiro atoms. The molecule has 0 aliphatic carbocycles. The molecule has 0 aliphatic rings. The molecular formula is C6H12O3. The number of aldehydes is 1. The maximum atomic E-state index is 9.66. The third-order valence-electron chi connectivity index (χ3n) is 0.883. The van der Waals surface area contributed by atoms with Crippen molar-refractivity contribution in [2.45, 2.75) is 12.8 Å². The summed E-state index contributed by atoms with van der Waals surface area (Å²) < 4.78 is 4.81. The largest absolute Gasteiger partial charge is 0.396 e. The molecule has 0 bridgehead atoms. The highest BCUT2D eigenvalue weighted by molar-refractivity contribution is 5.50. The van der Waals surface area contributed by atoms with Crippen molar-refractivity contribution in [3.63, 3.8) is 0 Å². The van der Waals surface area contributed by atoms with Crippen molar-refractivity contribution < 1.29 is 14.6 Å². The van der Waals surface area contributed by atoms with Gasteiger partial charge in [0.05, 0.1) is 0 Å². The Morgan fingerprint density at radius 2 is 2.22 bits per heavy atom. The Bertz CT molecular complexity index is 63.3. The fourth-order valence-corrected chi connectivity index (χ4v) is 0.447. The zero-order chi connectivity index (χ0) is 6.95. The monoisotopic (exact) mass is 132 g/mol. The second kappa shape index (κ2) is 7.59. The van der Waals surface area contributed by atoms with E-state index in [1.807, 2.05) is 0 Å². The molecule has 0 atom stereocenters. The predicted molar refractivity (Wildman–Crippen MR) is 33.2 cm³/mol. The van der Waals surface area contributed by atoms with Crippen molar-refractivity contribution in [2.24, 2.45) is 0 Å². The molecule has 0 heterocycles. The molecular weight excluding hydrogens is 120 g/mol. The van der Waals surface area contributed by atoms with E-state index in [9.17, 15) is 4.79 Å². The molecule has 0 rings (SSSR count). The number of carbonyl (C=O) groups is 1.